The number of thiocarbonyl (C=S) groups is 1. The Bertz CT molecular complexity index is 483. The topological polar surface area (TPSA) is 25.4 Å². The summed E-state index contributed by atoms with van der Waals surface area (Å²) in [6.45, 7) is 1.80. The Morgan fingerprint density at radius 2 is 1.63 bits per heavy atom. The second kappa shape index (κ2) is 6.02. The smallest absolute Gasteiger partial charge is 0.252 e. The summed E-state index contributed by atoms with van der Waals surface area (Å²) in [4.78, 5) is 3.31. The number of aromatic nitrogens is 1. The molecule has 19 heavy (non-hydrogen) atoms. The average molecular weight is 312 g/mol. The van der Waals surface area contributed by atoms with Crippen LogP contribution in [0, 0.1) is 23.5 Å². The molecule has 1 saturated heterocycles. The Labute approximate surface area is 115 Å². The number of ether oxygens (including phenoxy) is 1. The van der Waals surface area contributed by atoms with Gasteiger partial charge in [0.05, 0.1) is 18.1 Å². The Balaban J connectivity index is 2.20. The van der Waals surface area contributed by atoms with Gasteiger partial charge in [0.1, 0.15) is 4.32 Å². The molecule has 3 nitrogen and oxygen atoms in total. The largest absolute Gasteiger partial charge is 0.378 e. The van der Waals surface area contributed by atoms with Crippen LogP contribution >= 0.6 is 24.0 Å². The highest BCUT2D eigenvalue weighted by Crippen LogP contribution is 2.29. The van der Waals surface area contributed by atoms with E-state index in [0.717, 1.165) is 0 Å². The number of hydrogen-bond acceptors (Lipinski definition) is 4. The van der Waals surface area contributed by atoms with E-state index in [2.05, 4.69) is 4.98 Å². The van der Waals surface area contributed by atoms with Gasteiger partial charge in [0.2, 0.25) is 0 Å². The van der Waals surface area contributed by atoms with Crippen LogP contribution in [0.4, 0.5) is 17.6 Å². The predicted octanol–water partition coefficient (Wildman–Crippen LogP) is 2.35. The summed E-state index contributed by atoms with van der Waals surface area (Å²) >= 11 is 5.46. The highest BCUT2D eigenvalue weighted by Gasteiger charge is 2.24. The molecular formula is C10H8F4N2OS2. The van der Waals surface area contributed by atoms with E-state index >= 15 is 0 Å². The molecule has 0 radical (unpaired) electrons. The van der Waals surface area contributed by atoms with Crippen molar-refractivity contribution >= 4 is 28.3 Å². The van der Waals surface area contributed by atoms with Crippen LogP contribution in [0.15, 0.2) is 4.90 Å². The molecule has 1 fully saturated rings. The lowest BCUT2D eigenvalue weighted by Gasteiger charge is -2.28. The molecule has 0 aromatic carbocycles. The molecule has 0 N–H and O–H groups in total. The molecule has 1 aliphatic rings. The van der Waals surface area contributed by atoms with Gasteiger partial charge < -0.3 is 9.64 Å². The van der Waals surface area contributed by atoms with Crippen molar-refractivity contribution in [1.82, 2.24) is 9.88 Å². The zero-order valence-corrected chi connectivity index (χ0v) is 11.1. The Kier molecular flexibility index (Phi) is 4.58. The normalized spacial score (nSPS) is 15.7. The van der Waals surface area contributed by atoms with Crippen molar-refractivity contribution in [2.45, 2.75) is 4.90 Å². The van der Waals surface area contributed by atoms with Crippen LogP contribution in [0.2, 0.25) is 0 Å². The van der Waals surface area contributed by atoms with Crippen molar-refractivity contribution in [1.29, 1.82) is 0 Å². The summed E-state index contributed by atoms with van der Waals surface area (Å²) in [5, 5.41) is 0. The fourth-order valence-corrected chi connectivity index (χ4v) is 2.72. The van der Waals surface area contributed by atoms with Gasteiger partial charge in [-0.15, -0.1) is 0 Å². The van der Waals surface area contributed by atoms with Crippen LogP contribution in [0.1, 0.15) is 0 Å². The van der Waals surface area contributed by atoms with E-state index in [4.69, 9.17) is 17.0 Å². The first-order valence-electron chi connectivity index (χ1n) is 5.25. The van der Waals surface area contributed by atoms with Crippen LogP contribution in [-0.4, -0.2) is 40.5 Å². The zero-order chi connectivity index (χ0) is 14.0. The second-order valence-corrected chi connectivity index (χ2v) is 5.26. The van der Waals surface area contributed by atoms with Gasteiger partial charge in [-0.2, -0.15) is 13.8 Å². The van der Waals surface area contributed by atoms with Crippen LogP contribution in [0.25, 0.3) is 0 Å². The third-order valence-electron chi connectivity index (χ3n) is 2.42. The van der Waals surface area contributed by atoms with E-state index in [1.165, 1.54) is 0 Å². The molecule has 0 atom stereocenters. The molecule has 1 aliphatic heterocycles. The van der Waals surface area contributed by atoms with E-state index in [-0.39, 0.29) is 4.32 Å². The summed E-state index contributed by atoms with van der Waals surface area (Å²) < 4.78 is 57.9. The lowest BCUT2D eigenvalue weighted by atomic mass is 10.4. The van der Waals surface area contributed by atoms with Gasteiger partial charge in [0.25, 0.3) is 11.9 Å². The minimum Gasteiger partial charge on any atom is -0.378 e. The molecule has 2 heterocycles. The van der Waals surface area contributed by atoms with Gasteiger partial charge in [-0.1, -0.05) is 24.0 Å². The zero-order valence-electron chi connectivity index (χ0n) is 9.46. The van der Waals surface area contributed by atoms with Crippen molar-refractivity contribution in [3.63, 3.8) is 0 Å². The van der Waals surface area contributed by atoms with Crippen LogP contribution < -0.4 is 0 Å². The summed E-state index contributed by atoms with van der Waals surface area (Å²) in [7, 11) is 0. The third-order valence-corrected chi connectivity index (χ3v) is 3.92. The molecule has 0 aliphatic carbocycles. The Morgan fingerprint density at radius 1 is 1.11 bits per heavy atom. The quantitative estimate of drug-likeness (QED) is 0.343. The maximum absolute atomic E-state index is 13.4. The van der Waals surface area contributed by atoms with E-state index in [1.807, 2.05) is 0 Å². The standard InChI is InChI=1S/C10H8F4N2OS2/c11-5-7(6(12)9(14)15-8(5)13)19-10(18)16-1-3-17-4-2-16/h1-4H2. The molecule has 0 amide bonds. The van der Waals surface area contributed by atoms with Crippen LogP contribution in [0.5, 0.6) is 0 Å². The van der Waals surface area contributed by atoms with Crippen molar-refractivity contribution < 1.29 is 22.3 Å². The number of nitrogens with zero attached hydrogens (tertiary/aromatic N) is 2. The summed E-state index contributed by atoms with van der Waals surface area (Å²) in [5.74, 6) is -6.46. The minimum atomic E-state index is -1.69. The van der Waals surface area contributed by atoms with Crippen LogP contribution in [0.3, 0.4) is 0 Å². The lowest BCUT2D eigenvalue weighted by Crippen LogP contribution is -2.38. The maximum Gasteiger partial charge on any atom is 0.252 e. The summed E-state index contributed by atoms with van der Waals surface area (Å²) in [6, 6.07) is 0. The first-order valence-corrected chi connectivity index (χ1v) is 6.47. The molecule has 1 aromatic rings. The summed E-state index contributed by atoms with van der Waals surface area (Å²) in [6.07, 6.45) is 0. The molecule has 0 spiro atoms. The first kappa shape index (κ1) is 14.5. The van der Waals surface area contributed by atoms with Crippen molar-refractivity contribution in [2.75, 3.05) is 26.3 Å². The predicted molar refractivity (Wildman–Crippen MR) is 64.9 cm³/mol. The van der Waals surface area contributed by atoms with Crippen molar-refractivity contribution in [3.8, 4) is 0 Å². The van der Waals surface area contributed by atoms with Gasteiger partial charge in [-0.3, -0.25) is 0 Å². The molecule has 0 bridgehead atoms. The average Bonchev–Trinajstić information content (AvgIpc) is 2.42. The first-order chi connectivity index (χ1) is 9.00. The van der Waals surface area contributed by atoms with Crippen molar-refractivity contribution in [2.24, 2.45) is 0 Å². The Hall–Kier alpha value is -0.930. The van der Waals surface area contributed by atoms with Crippen LogP contribution in [-0.2, 0) is 4.74 Å². The molecular weight excluding hydrogens is 304 g/mol. The highest BCUT2D eigenvalue weighted by molar-refractivity contribution is 8.22. The Morgan fingerprint density at radius 3 is 2.16 bits per heavy atom. The van der Waals surface area contributed by atoms with Gasteiger partial charge in [0.15, 0.2) is 11.6 Å². The van der Waals surface area contributed by atoms with Gasteiger partial charge in [-0.25, -0.2) is 8.78 Å². The minimum absolute atomic E-state index is 0.131. The maximum atomic E-state index is 13.4. The molecule has 9 heteroatoms. The monoisotopic (exact) mass is 312 g/mol. The number of thioether (sulfide) groups is 1. The van der Waals surface area contributed by atoms with E-state index in [1.54, 1.807) is 4.90 Å². The third kappa shape index (κ3) is 3.15. The van der Waals surface area contributed by atoms with E-state index in [9.17, 15) is 17.6 Å². The fraction of sp³-hybridized carbons (Fsp3) is 0.400. The fourth-order valence-electron chi connectivity index (χ4n) is 1.46. The highest BCUT2D eigenvalue weighted by atomic mass is 32.2. The van der Waals surface area contributed by atoms with E-state index < -0.39 is 28.4 Å². The van der Waals surface area contributed by atoms with Gasteiger partial charge in [0, 0.05) is 13.1 Å². The van der Waals surface area contributed by atoms with Gasteiger partial charge in [-0.05, 0) is 0 Å². The van der Waals surface area contributed by atoms with Crippen molar-refractivity contribution in [3.05, 3.63) is 23.5 Å². The SMILES string of the molecule is Fc1nc(F)c(F)c(SC(=S)N2CCOCC2)c1F. The molecule has 0 saturated carbocycles. The van der Waals surface area contributed by atoms with E-state index in [0.29, 0.717) is 38.1 Å². The number of pyridine rings is 1. The summed E-state index contributed by atoms with van der Waals surface area (Å²) in [5.41, 5.74) is 0. The molecule has 1 aromatic heterocycles. The lowest BCUT2D eigenvalue weighted by molar-refractivity contribution is 0.0702. The number of halogens is 4. The van der Waals surface area contributed by atoms with Gasteiger partial charge >= 0.3 is 0 Å². The molecule has 2 rings (SSSR count). The second-order valence-electron chi connectivity index (χ2n) is 3.62. The number of rotatable bonds is 1. The number of morpholine rings is 1. The number of hydrogen-bond donors (Lipinski definition) is 0. The molecule has 0 unspecified atom stereocenters. The molecule has 104 valence electrons.